The fraction of sp³-hybridized carbons (Fsp3) is 0.667. The zero-order valence-corrected chi connectivity index (χ0v) is 14.9. The Morgan fingerprint density at radius 3 is 1.91 bits per heavy atom. The lowest BCUT2D eigenvalue weighted by Gasteiger charge is -2.02. The van der Waals surface area contributed by atoms with Crippen LogP contribution in [0.15, 0.2) is 24.3 Å². The van der Waals surface area contributed by atoms with E-state index >= 15 is 0 Å². The molecule has 0 saturated heterocycles. The highest BCUT2D eigenvalue weighted by Gasteiger charge is 2.01. The van der Waals surface area contributed by atoms with Crippen LogP contribution in [0.25, 0.3) is 11.0 Å². The van der Waals surface area contributed by atoms with E-state index in [1.807, 2.05) is 0 Å². The predicted molar refractivity (Wildman–Crippen MR) is 101 cm³/mol. The molecule has 0 atom stereocenters. The Balaban J connectivity index is 1.42. The van der Waals surface area contributed by atoms with Crippen molar-refractivity contribution in [2.24, 2.45) is 0 Å². The minimum absolute atomic E-state index is 1.09. The Morgan fingerprint density at radius 1 is 0.739 bits per heavy atom. The standard InChI is InChI=1S/C21H34N2/c1-2-3-4-5-6-7-8-9-10-11-12-13-18-21-22-19-16-14-15-17-20(19)23-21/h14-17H,2-13,18H2,1H3,(H,22,23). The van der Waals surface area contributed by atoms with E-state index in [1.165, 1.54) is 82.6 Å². The van der Waals surface area contributed by atoms with Gasteiger partial charge in [-0.25, -0.2) is 4.98 Å². The second-order valence-electron chi connectivity index (χ2n) is 6.84. The number of unbranched alkanes of at least 4 members (excludes halogenated alkanes) is 11. The Bertz CT molecular complexity index is 496. The van der Waals surface area contributed by atoms with Gasteiger partial charge in [0.25, 0.3) is 0 Å². The molecule has 0 aliphatic rings. The Labute approximate surface area is 142 Å². The van der Waals surface area contributed by atoms with E-state index in [-0.39, 0.29) is 0 Å². The minimum atomic E-state index is 1.09. The lowest BCUT2D eigenvalue weighted by atomic mass is 10.0. The summed E-state index contributed by atoms with van der Waals surface area (Å²) < 4.78 is 0. The molecule has 0 aliphatic heterocycles. The summed E-state index contributed by atoms with van der Waals surface area (Å²) in [6.45, 7) is 2.29. The van der Waals surface area contributed by atoms with Gasteiger partial charge in [-0.15, -0.1) is 0 Å². The van der Waals surface area contributed by atoms with Crippen molar-refractivity contribution in [3.63, 3.8) is 0 Å². The number of hydrogen-bond donors (Lipinski definition) is 1. The van der Waals surface area contributed by atoms with Crippen molar-refractivity contribution in [2.45, 2.75) is 90.4 Å². The molecule has 23 heavy (non-hydrogen) atoms. The molecule has 0 spiro atoms. The Hall–Kier alpha value is -1.31. The van der Waals surface area contributed by atoms with E-state index in [0.717, 1.165) is 17.8 Å². The first-order chi connectivity index (χ1) is 11.4. The van der Waals surface area contributed by atoms with Crippen molar-refractivity contribution in [3.8, 4) is 0 Å². The number of para-hydroxylation sites is 2. The summed E-state index contributed by atoms with van der Waals surface area (Å²) in [5.74, 6) is 1.15. The van der Waals surface area contributed by atoms with Crippen molar-refractivity contribution in [1.29, 1.82) is 0 Å². The van der Waals surface area contributed by atoms with Gasteiger partial charge in [0.05, 0.1) is 11.0 Å². The van der Waals surface area contributed by atoms with Crippen molar-refractivity contribution in [2.75, 3.05) is 0 Å². The van der Waals surface area contributed by atoms with Crippen molar-refractivity contribution in [3.05, 3.63) is 30.1 Å². The summed E-state index contributed by atoms with van der Waals surface area (Å²) >= 11 is 0. The molecule has 0 radical (unpaired) electrons. The van der Waals surface area contributed by atoms with Gasteiger partial charge in [-0.1, -0.05) is 89.7 Å². The summed E-state index contributed by atoms with van der Waals surface area (Å²) in [6, 6.07) is 8.30. The first kappa shape index (κ1) is 18.0. The van der Waals surface area contributed by atoms with Crippen LogP contribution in [0.1, 0.15) is 89.8 Å². The number of nitrogens with zero attached hydrogens (tertiary/aromatic N) is 1. The maximum atomic E-state index is 4.65. The molecule has 1 heterocycles. The lowest BCUT2D eigenvalue weighted by molar-refractivity contribution is 0.543. The third-order valence-corrected chi connectivity index (χ3v) is 4.71. The Kier molecular flexibility index (Phi) is 8.83. The van der Waals surface area contributed by atoms with Crippen LogP contribution in [0.4, 0.5) is 0 Å². The fourth-order valence-corrected chi connectivity index (χ4v) is 3.26. The van der Waals surface area contributed by atoms with Gasteiger partial charge in [0, 0.05) is 6.42 Å². The van der Waals surface area contributed by atoms with Gasteiger partial charge >= 0.3 is 0 Å². The van der Waals surface area contributed by atoms with Gasteiger partial charge < -0.3 is 4.98 Å². The Morgan fingerprint density at radius 2 is 1.30 bits per heavy atom. The van der Waals surface area contributed by atoms with E-state index in [1.54, 1.807) is 0 Å². The average Bonchev–Trinajstić information content (AvgIpc) is 2.98. The number of rotatable bonds is 13. The molecule has 1 N–H and O–H groups in total. The monoisotopic (exact) mass is 314 g/mol. The van der Waals surface area contributed by atoms with Gasteiger partial charge in [0.1, 0.15) is 5.82 Å². The zero-order valence-electron chi connectivity index (χ0n) is 14.9. The number of aromatic amines is 1. The number of nitrogens with one attached hydrogen (secondary N) is 1. The largest absolute Gasteiger partial charge is 0.342 e. The average molecular weight is 315 g/mol. The van der Waals surface area contributed by atoms with Crippen LogP contribution < -0.4 is 0 Å². The lowest BCUT2D eigenvalue weighted by Crippen LogP contribution is -1.89. The highest BCUT2D eigenvalue weighted by molar-refractivity contribution is 5.74. The van der Waals surface area contributed by atoms with Crippen molar-refractivity contribution < 1.29 is 0 Å². The molecule has 0 saturated carbocycles. The molecule has 0 amide bonds. The summed E-state index contributed by atoms with van der Waals surface area (Å²) in [6.07, 6.45) is 17.9. The third-order valence-electron chi connectivity index (χ3n) is 4.71. The van der Waals surface area contributed by atoms with E-state index < -0.39 is 0 Å². The smallest absolute Gasteiger partial charge is 0.107 e. The van der Waals surface area contributed by atoms with Gasteiger partial charge in [-0.2, -0.15) is 0 Å². The molecular formula is C21H34N2. The number of H-pyrrole nitrogens is 1. The predicted octanol–water partition coefficient (Wildman–Crippen LogP) is 6.81. The molecule has 1 aromatic carbocycles. The number of hydrogen-bond acceptors (Lipinski definition) is 1. The summed E-state index contributed by atoms with van der Waals surface area (Å²) in [5, 5.41) is 0. The van der Waals surface area contributed by atoms with Gasteiger partial charge in [0.15, 0.2) is 0 Å². The summed E-state index contributed by atoms with van der Waals surface area (Å²) in [4.78, 5) is 8.07. The van der Waals surface area contributed by atoms with Gasteiger partial charge in [0.2, 0.25) is 0 Å². The molecule has 0 unspecified atom stereocenters. The summed E-state index contributed by atoms with van der Waals surface area (Å²) in [5.41, 5.74) is 2.27. The van der Waals surface area contributed by atoms with Crippen LogP contribution in [0.3, 0.4) is 0 Å². The van der Waals surface area contributed by atoms with Crippen LogP contribution in [-0.2, 0) is 6.42 Å². The number of fused-ring (bicyclic) bond motifs is 1. The molecule has 2 aromatic rings. The second kappa shape index (κ2) is 11.3. The molecular weight excluding hydrogens is 280 g/mol. The molecule has 1 aromatic heterocycles. The topological polar surface area (TPSA) is 28.7 Å². The highest BCUT2D eigenvalue weighted by atomic mass is 14.9. The number of aryl methyl sites for hydroxylation is 1. The zero-order chi connectivity index (χ0) is 16.2. The van der Waals surface area contributed by atoms with Crippen molar-refractivity contribution in [1.82, 2.24) is 9.97 Å². The maximum Gasteiger partial charge on any atom is 0.107 e. The quantitative estimate of drug-likeness (QED) is 0.404. The third kappa shape index (κ3) is 7.20. The first-order valence-corrected chi connectivity index (χ1v) is 9.84. The van der Waals surface area contributed by atoms with E-state index in [0.29, 0.717) is 0 Å². The molecule has 128 valence electrons. The van der Waals surface area contributed by atoms with Crippen LogP contribution in [0.2, 0.25) is 0 Å². The van der Waals surface area contributed by atoms with Gasteiger partial charge in [-0.05, 0) is 18.6 Å². The SMILES string of the molecule is CCCCCCCCCCCCCCc1nc2ccccc2[nH]1. The maximum absolute atomic E-state index is 4.65. The highest BCUT2D eigenvalue weighted by Crippen LogP contribution is 2.14. The first-order valence-electron chi connectivity index (χ1n) is 9.84. The van der Waals surface area contributed by atoms with Crippen LogP contribution >= 0.6 is 0 Å². The molecule has 0 bridgehead atoms. The number of imidazole rings is 1. The second-order valence-corrected chi connectivity index (χ2v) is 6.84. The molecule has 0 aliphatic carbocycles. The van der Waals surface area contributed by atoms with Crippen LogP contribution in [-0.4, -0.2) is 9.97 Å². The van der Waals surface area contributed by atoms with E-state index in [2.05, 4.69) is 41.2 Å². The van der Waals surface area contributed by atoms with Crippen molar-refractivity contribution >= 4 is 11.0 Å². The van der Waals surface area contributed by atoms with Gasteiger partial charge in [-0.3, -0.25) is 0 Å². The molecule has 2 nitrogen and oxygen atoms in total. The minimum Gasteiger partial charge on any atom is -0.342 e. The number of benzene rings is 1. The number of aromatic nitrogens is 2. The molecule has 2 heteroatoms. The van der Waals surface area contributed by atoms with Crippen LogP contribution in [0.5, 0.6) is 0 Å². The fourth-order valence-electron chi connectivity index (χ4n) is 3.26. The van der Waals surface area contributed by atoms with E-state index in [4.69, 9.17) is 0 Å². The molecule has 0 fully saturated rings. The summed E-state index contributed by atoms with van der Waals surface area (Å²) in [7, 11) is 0. The van der Waals surface area contributed by atoms with Crippen LogP contribution in [0, 0.1) is 0 Å². The normalized spacial score (nSPS) is 11.3. The molecule has 2 rings (SSSR count). The van der Waals surface area contributed by atoms with E-state index in [9.17, 15) is 0 Å².